The number of aromatic nitrogens is 1. The van der Waals surface area contributed by atoms with E-state index in [4.69, 9.17) is 9.47 Å². The third-order valence-electron chi connectivity index (χ3n) is 4.00. The van der Waals surface area contributed by atoms with Gasteiger partial charge in [0.05, 0.1) is 13.7 Å². The smallest absolute Gasteiger partial charge is 0.205 e. The molecule has 1 N–H and O–H groups in total. The Morgan fingerprint density at radius 3 is 2.77 bits per heavy atom. The van der Waals surface area contributed by atoms with Crippen LogP contribution in [0.2, 0.25) is 0 Å². The van der Waals surface area contributed by atoms with Crippen LogP contribution in [0.25, 0.3) is 17.0 Å². The number of aromatic amines is 1. The molecule has 0 aliphatic carbocycles. The molecule has 0 saturated carbocycles. The maximum absolute atomic E-state index is 12.8. The fraction of sp³-hybridized carbons (Fsp3) is 0.143. The van der Waals surface area contributed by atoms with Gasteiger partial charge < -0.3 is 14.5 Å². The average molecular weight is 346 g/mol. The molecule has 0 amide bonds. The van der Waals surface area contributed by atoms with Gasteiger partial charge in [-0.25, -0.2) is 0 Å². The van der Waals surface area contributed by atoms with Gasteiger partial charge in [-0.15, -0.1) is 0 Å². The largest absolute Gasteiger partial charge is 0.493 e. The standard InChI is InChI=1S/C21H18N2O3/c1-3-26-20-11-14(8-9-19(20)25-2)10-15(12-22)21(24)17-13-23-18-7-5-4-6-16(17)18/h4-11,13,23H,3H2,1-2H3/b15-10+. The predicted molar refractivity (Wildman–Crippen MR) is 100 cm³/mol. The van der Waals surface area contributed by atoms with E-state index >= 15 is 0 Å². The molecule has 1 aromatic heterocycles. The number of ether oxygens (including phenoxy) is 2. The van der Waals surface area contributed by atoms with E-state index in [0.29, 0.717) is 29.2 Å². The number of carbonyl (C=O) groups excluding carboxylic acids is 1. The molecule has 0 spiro atoms. The van der Waals surface area contributed by atoms with E-state index in [9.17, 15) is 10.1 Å². The Morgan fingerprint density at radius 2 is 2.04 bits per heavy atom. The van der Waals surface area contributed by atoms with Gasteiger partial charge in [-0.3, -0.25) is 4.79 Å². The van der Waals surface area contributed by atoms with E-state index in [1.165, 1.54) is 0 Å². The first-order valence-corrected chi connectivity index (χ1v) is 8.21. The highest BCUT2D eigenvalue weighted by Gasteiger charge is 2.17. The molecule has 26 heavy (non-hydrogen) atoms. The highest BCUT2D eigenvalue weighted by molar-refractivity contribution is 6.19. The number of hydrogen-bond acceptors (Lipinski definition) is 4. The predicted octanol–water partition coefficient (Wildman–Crippen LogP) is 4.37. The number of allylic oxidation sites excluding steroid dienone is 1. The van der Waals surface area contributed by atoms with Crippen LogP contribution < -0.4 is 9.47 Å². The van der Waals surface area contributed by atoms with Gasteiger partial charge in [-0.1, -0.05) is 24.3 Å². The van der Waals surface area contributed by atoms with Gasteiger partial charge in [0.2, 0.25) is 5.78 Å². The second kappa shape index (κ2) is 7.58. The molecule has 0 aliphatic rings. The van der Waals surface area contributed by atoms with Crippen LogP contribution in [0.4, 0.5) is 0 Å². The van der Waals surface area contributed by atoms with Crippen molar-refractivity contribution in [3.63, 3.8) is 0 Å². The first kappa shape index (κ1) is 17.3. The number of nitrogens with one attached hydrogen (secondary N) is 1. The second-order valence-electron chi connectivity index (χ2n) is 5.59. The van der Waals surface area contributed by atoms with Crippen LogP contribution in [0.3, 0.4) is 0 Å². The Hall–Kier alpha value is -3.52. The van der Waals surface area contributed by atoms with Gasteiger partial charge >= 0.3 is 0 Å². The number of nitrogens with zero attached hydrogens (tertiary/aromatic N) is 1. The molecular weight excluding hydrogens is 328 g/mol. The first-order valence-electron chi connectivity index (χ1n) is 8.21. The van der Waals surface area contributed by atoms with E-state index in [2.05, 4.69) is 4.98 Å². The van der Waals surface area contributed by atoms with Crippen molar-refractivity contribution in [3.8, 4) is 17.6 Å². The van der Waals surface area contributed by atoms with Crippen molar-refractivity contribution in [3.05, 3.63) is 65.4 Å². The number of nitriles is 1. The number of para-hydroxylation sites is 1. The molecule has 0 radical (unpaired) electrons. The van der Waals surface area contributed by atoms with Crippen molar-refractivity contribution in [2.45, 2.75) is 6.92 Å². The van der Waals surface area contributed by atoms with E-state index in [1.54, 1.807) is 37.6 Å². The van der Waals surface area contributed by atoms with Gasteiger partial charge in [-0.05, 0) is 36.8 Å². The summed E-state index contributed by atoms with van der Waals surface area (Å²) in [7, 11) is 1.56. The Labute approximate surface area is 151 Å². The summed E-state index contributed by atoms with van der Waals surface area (Å²) in [6.45, 7) is 2.37. The van der Waals surface area contributed by atoms with E-state index < -0.39 is 0 Å². The van der Waals surface area contributed by atoms with Crippen LogP contribution in [-0.4, -0.2) is 24.5 Å². The summed E-state index contributed by atoms with van der Waals surface area (Å²) in [5, 5.41) is 10.3. The number of methoxy groups -OCH3 is 1. The lowest BCUT2D eigenvalue weighted by atomic mass is 10.0. The van der Waals surface area contributed by atoms with Crippen LogP contribution in [0.15, 0.2) is 54.2 Å². The molecule has 2 aromatic carbocycles. The number of benzene rings is 2. The monoisotopic (exact) mass is 346 g/mol. The number of ketones is 1. The minimum atomic E-state index is -0.321. The third kappa shape index (κ3) is 3.31. The Balaban J connectivity index is 1.99. The zero-order valence-corrected chi connectivity index (χ0v) is 14.6. The SMILES string of the molecule is CCOc1cc(/C=C(\C#N)C(=O)c2c[nH]c3ccccc23)ccc1OC. The highest BCUT2D eigenvalue weighted by Crippen LogP contribution is 2.29. The highest BCUT2D eigenvalue weighted by atomic mass is 16.5. The molecule has 0 atom stereocenters. The van der Waals surface area contributed by atoms with Crippen molar-refractivity contribution in [2.75, 3.05) is 13.7 Å². The summed E-state index contributed by atoms with van der Waals surface area (Å²) in [6.07, 6.45) is 3.20. The number of H-pyrrole nitrogens is 1. The first-order chi connectivity index (χ1) is 12.7. The minimum absolute atomic E-state index is 0.0577. The maximum Gasteiger partial charge on any atom is 0.205 e. The number of carbonyl (C=O) groups is 1. The van der Waals surface area contributed by atoms with Crippen LogP contribution in [-0.2, 0) is 0 Å². The summed E-state index contributed by atoms with van der Waals surface area (Å²) < 4.78 is 10.8. The summed E-state index contributed by atoms with van der Waals surface area (Å²) in [5.41, 5.74) is 2.09. The molecule has 0 bridgehead atoms. The molecule has 5 heteroatoms. The van der Waals surface area contributed by atoms with Crippen LogP contribution in [0.5, 0.6) is 11.5 Å². The lowest BCUT2D eigenvalue weighted by molar-refractivity contribution is 0.104. The van der Waals surface area contributed by atoms with E-state index in [0.717, 1.165) is 10.9 Å². The van der Waals surface area contributed by atoms with Gasteiger partial charge in [0.15, 0.2) is 11.5 Å². The van der Waals surface area contributed by atoms with Crippen molar-refractivity contribution in [1.82, 2.24) is 4.98 Å². The fourth-order valence-corrected chi connectivity index (χ4v) is 2.77. The zero-order valence-electron chi connectivity index (χ0n) is 14.6. The van der Waals surface area contributed by atoms with Crippen LogP contribution in [0, 0.1) is 11.3 Å². The molecule has 3 rings (SSSR count). The van der Waals surface area contributed by atoms with Gasteiger partial charge in [0, 0.05) is 22.7 Å². The fourth-order valence-electron chi connectivity index (χ4n) is 2.77. The molecular formula is C21H18N2O3. The van der Waals surface area contributed by atoms with E-state index in [-0.39, 0.29) is 11.4 Å². The lowest BCUT2D eigenvalue weighted by Gasteiger charge is -2.09. The molecule has 0 unspecified atom stereocenters. The molecule has 130 valence electrons. The molecule has 1 heterocycles. The zero-order chi connectivity index (χ0) is 18.5. The Kier molecular flexibility index (Phi) is 5.04. The van der Waals surface area contributed by atoms with E-state index in [1.807, 2.05) is 37.3 Å². The Bertz CT molecular complexity index is 1030. The van der Waals surface area contributed by atoms with Gasteiger partial charge in [-0.2, -0.15) is 5.26 Å². The number of rotatable bonds is 6. The molecule has 0 saturated heterocycles. The summed E-state index contributed by atoms with van der Waals surface area (Å²) in [5.74, 6) is 0.852. The number of Topliss-reactive ketones (excluding diaryl/α,β-unsaturated/α-hetero) is 1. The summed E-state index contributed by atoms with van der Waals surface area (Å²) in [4.78, 5) is 15.9. The van der Waals surface area contributed by atoms with Crippen molar-refractivity contribution >= 4 is 22.8 Å². The second-order valence-corrected chi connectivity index (χ2v) is 5.59. The lowest BCUT2D eigenvalue weighted by Crippen LogP contribution is -2.01. The quantitative estimate of drug-likeness (QED) is 0.409. The molecule has 3 aromatic rings. The Morgan fingerprint density at radius 1 is 1.23 bits per heavy atom. The van der Waals surface area contributed by atoms with Crippen LogP contribution >= 0.6 is 0 Å². The third-order valence-corrected chi connectivity index (χ3v) is 4.00. The topological polar surface area (TPSA) is 75.1 Å². The van der Waals surface area contributed by atoms with Gasteiger partial charge in [0.1, 0.15) is 11.6 Å². The van der Waals surface area contributed by atoms with Crippen molar-refractivity contribution < 1.29 is 14.3 Å². The summed E-state index contributed by atoms with van der Waals surface area (Å²) in [6, 6.07) is 14.8. The molecule has 5 nitrogen and oxygen atoms in total. The summed E-state index contributed by atoms with van der Waals surface area (Å²) >= 11 is 0. The van der Waals surface area contributed by atoms with Gasteiger partial charge in [0.25, 0.3) is 0 Å². The minimum Gasteiger partial charge on any atom is -0.493 e. The number of fused-ring (bicyclic) bond motifs is 1. The average Bonchev–Trinajstić information content (AvgIpc) is 3.10. The van der Waals surface area contributed by atoms with Crippen molar-refractivity contribution in [1.29, 1.82) is 5.26 Å². The van der Waals surface area contributed by atoms with Crippen molar-refractivity contribution in [2.24, 2.45) is 0 Å². The molecule has 0 fully saturated rings. The molecule has 0 aliphatic heterocycles. The normalized spacial score (nSPS) is 11.2. The maximum atomic E-state index is 12.8. The number of hydrogen-bond donors (Lipinski definition) is 1. The van der Waals surface area contributed by atoms with Crippen LogP contribution in [0.1, 0.15) is 22.8 Å².